The fraction of sp³-hybridized carbons (Fsp3) is 0.516. The van der Waals surface area contributed by atoms with Crippen molar-refractivity contribution in [3.05, 3.63) is 59.5 Å². The van der Waals surface area contributed by atoms with E-state index in [1.165, 1.54) is 12.4 Å². The number of primary amides is 1. The van der Waals surface area contributed by atoms with Crippen molar-refractivity contribution in [3.8, 4) is 11.5 Å². The highest BCUT2D eigenvalue weighted by Gasteiger charge is 2.54. The second-order valence-electron chi connectivity index (χ2n) is 12.5. The molecule has 7 N–H and O–H groups in total. The molecule has 3 aliphatic rings. The van der Waals surface area contributed by atoms with E-state index in [9.17, 15) is 14.7 Å². The number of pyridine rings is 1. The molecule has 41 heavy (non-hydrogen) atoms. The van der Waals surface area contributed by atoms with E-state index in [1.807, 2.05) is 12.1 Å². The summed E-state index contributed by atoms with van der Waals surface area (Å²) < 4.78 is 11.8. The third-order valence-corrected chi connectivity index (χ3v) is 8.32. The van der Waals surface area contributed by atoms with Gasteiger partial charge in [-0.1, -0.05) is 6.07 Å². The average Bonchev–Trinajstić information content (AvgIpc) is 3.38. The van der Waals surface area contributed by atoms with Crippen LogP contribution in [0, 0.1) is 11.3 Å². The van der Waals surface area contributed by atoms with Gasteiger partial charge in [-0.3, -0.25) is 14.6 Å². The van der Waals surface area contributed by atoms with Gasteiger partial charge in [0.25, 0.3) is 11.8 Å². The first-order valence-electron chi connectivity index (χ1n) is 14.4. The Morgan fingerprint density at radius 2 is 2.00 bits per heavy atom. The van der Waals surface area contributed by atoms with Crippen LogP contribution >= 0.6 is 0 Å². The molecule has 1 aromatic carbocycles. The second kappa shape index (κ2) is 11.7. The molecule has 2 saturated carbocycles. The number of nitrogens with zero attached hydrogens (tertiary/aromatic N) is 1. The van der Waals surface area contributed by atoms with Crippen LogP contribution in [0.2, 0.25) is 0 Å². The second-order valence-corrected chi connectivity index (χ2v) is 12.5. The van der Waals surface area contributed by atoms with Gasteiger partial charge in [0.15, 0.2) is 0 Å². The minimum absolute atomic E-state index is 0.0222. The van der Waals surface area contributed by atoms with Crippen molar-refractivity contribution >= 4 is 17.4 Å². The third-order valence-electron chi connectivity index (χ3n) is 8.32. The van der Waals surface area contributed by atoms with Gasteiger partial charge in [-0.25, -0.2) is 0 Å². The van der Waals surface area contributed by atoms with Gasteiger partial charge in [0, 0.05) is 12.2 Å². The summed E-state index contributed by atoms with van der Waals surface area (Å²) in [6.45, 7) is 5.50. The number of aliphatic hydroxyl groups is 1. The number of hydrogen-bond acceptors (Lipinski definition) is 8. The summed E-state index contributed by atoms with van der Waals surface area (Å²) in [7, 11) is 0. The molecule has 2 heterocycles. The van der Waals surface area contributed by atoms with Crippen LogP contribution in [0.5, 0.6) is 11.5 Å². The number of carbonyl (C=O) groups excluding carboxylic acids is 2. The standard InChI is InChI=1S/C31H41N5O5/c1-30(2,39)18-40-22-4-6-26(35-17-22)25(15-32)29(38)36-21-11-31(12-21)13-23(14-31)41-27-10-19(3-5-24(27)28(33)37)9-20-7-8-34-16-20/h3-6,10,15,17,20-21,23,34,39H,7-9,11-14,16,18,32H2,1-2H3,(H2,33,37)(H,36,38). The maximum atomic E-state index is 13.0. The first-order valence-corrected chi connectivity index (χ1v) is 14.4. The zero-order chi connectivity index (χ0) is 29.2. The van der Waals surface area contributed by atoms with Crippen molar-refractivity contribution < 1.29 is 24.2 Å². The smallest absolute Gasteiger partial charge is 0.255 e. The molecule has 1 saturated heterocycles. The molecule has 5 rings (SSSR count). The summed E-state index contributed by atoms with van der Waals surface area (Å²) in [5, 5.41) is 16.3. The third kappa shape index (κ3) is 7.00. The maximum Gasteiger partial charge on any atom is 0.255 e. The Bertz CT molecular complexity index is 1280. The van der Waals surface area contributed by atoms with Crippen molar-refractivity contribution in [2.45, 2.75) is 70.1 Å². The fourth-order valence-electron chi connectivity index (χ4n) is 6.23. The minimum atomic E-state index is -0.961. The van der Waals surface area contributed by atoms with Gasteiger partial charge in [-0.05, 0) is 107 Å². The first kappa shape index (κ1) is 28.9. The van der Waals surface area contributed by atoms with E-state index in [4.69, 9.17) is 20.9 Å². The molecule has 1 atom stereocenters. The van der Waals surface area contributed by atoms with Gasteiger partial charge >= 0.3 is 0 Å². The van der Waals surface area contributed by atoms with E-state index in [2.05, 4.69) is 15.6 Å². The van der Waals surface area contributed by atoms with E-state index in [0.717, 1.165) is 57.2 Å². The quantitative estimate of drug-likeness (QED) is 0.260. The van der Waals surface area contributed by atoms with Gasteiger partial charge in [-0.2, -0.15) is 0 Å². The highest BCUT2D eigenvalue weighted by molar-refractivity contribution is 6.18. The van der Waals surface area contributed by atoms with Gasteiger partial charge in [0.2, 0.25) is 0 Å². The molecule has 1 aromatic heterocycles. The number of hydrogen-bond donors (Lipinski definition) is 5. The fourth-order valence-corrected chi connectivity index (χ4v) is 6.23. The zero-order valence-electron chi connectivity index (χ0n) is 23.8. The lowest BCUT2D eigenvalue weighted by atomic mass is 9.53. The Labute approximate surface area is 240 Å². The Morgan fingerprint density at radius 3 is 2.61 bits per heavy atom. The predicted octanol–water partition coefficient (Wildman–Crippen LogP) is 2.29. The minimum Gasteiger partial charge on any atom is -0.490 e. The van der Waals surface area contributed by atoms with Crippen LogP contribution in [-0.4, -0.2) is 59.3 Å². The molecule has 3 fully saturated rings. The van der Waals surface area contributed by atoms with E-state index >= 15 is 0 Å². The normalized spacial score (nSPS) is 25.7. The number of amides is 2. The number of aromatic nitrogens is 1. The van der Waals surface area contributed by atoms with Crippen LogP contribution in [0.3, 0.4) is 0 Å². The van der Waals surface area contributed by atoms with Crippen LogP contribution in [-0.2, 0) is 11.2 Å². The molecule has 2 aromatic rings. The monoisotopic (exact) mass is 563 g/mol. The molecular weight excluding hydrogens is 522 g/mol. The number of rotatable bonds is 11. The van der Waals surface area contributed by atoms with Gasteiger partial charge < -0.3 is 36.7 Å². The number of nitrogens with two attached hydrogens (primary N) is 2. The van der Waals surface area contributed by atoms with Crippen LogP contribution in [0.25, 0.3) is 5.57 Å². The maximum absolute atomic E-state index is 13.0. The van der Waals surface area contributed by atoms with Crippen LogP contribution < -0.4 is 31.6 Å². The Balaban J connectivity index is 1.10. The number of nitrogens with one attached hydrogen (secondary N) is 2. The zero-order valence-corrected chi connectivity index (χ0v) is 23.8. The summed E-state index contributed by atoms with van der Waals surface area (Å²) in [6.07, 6.45) is 8.39. The molecule has 0 radical (unpaired) electrons. The molecule has 0 bridgehead atoms. The van der Waals surface area contributed by atoms with E-state index in [-0.39, 0.29) is 30.1 Å². The predicted molar refractivity (Wildman–Crippen MR) is 155 cm³/mol. The van der Waals surface area contributed by atoms with Gasteiger partial charge in [0.1, 0.15) is 18.1 Å². The molecule has 2 amide bonds. The highest BCUT2D eigenvalue weighted by Crippen LogP contribution is 2.57. The topological polar surface area (TPSA) is 162 Å². The van der Waals surface area contributed by atoms with E-state index in [0.29, 0.717) is 34.2 Å². The van der Waals surface area contributed by atoms with Crippen LogP contribution in [0.4, 0.5) is 0 Å². The van der Waals surface area contributed by atoms with Crippen LogP contribution in [0.15, 0.2) is 42.7 Å². The lowest BCUT2D eigenvalue weighted by Gasteiger charge is -2.57. The number of carbonyl (C=O) groups is 2. The summed E-state index contributed by atoms with van der Waals surface area (Å²) in [4.78, 5) is 29.3. The van der Waals surface area contributed by atoms with Crippen molar-refractivity contribution in [2.24, 2.45) is 22.8 Å². The first-order chi connectivity index (χ1) is 19.5. The highest BCUT2D eigenvalue weighted by atomic mass is 16.5. The van der Waals surface area contributed by atoms with Gasteiger partial charge in [-0.15, -0.1) is 0 Å². The summed E-state index contributed by atoms with van der Waals surface area (Å²) in [5.74, 6) is 0.920. The summed E-state index contributed by atoms with van der Waals surface area (Å²) in [6, 6.07) is 9.17. The molecule has 1 unspecified atom stereocenters. The average molecular weight is 564 g/mol. The van der Waals surface area contributed by atoms with Crippen molar-refractivity contribution in [2.75, 3.05) is 19.7 Å². The largest absolute Gasteiger partial charge is 0.490 e. The number of ether oxygens (including phenoxy) is 2. The van der Waals surface area contributed by atoms with Crippen molar-refractivity contribution in [3.63, 3.8) is 0 Å². The lowest BCUT2D eigenvalue weighted by molar-refractivity contribution is -0.122. The molecular formula is C31H41N5O5. The Kier molecular flexibility index (Phi) is 8.24. The molecule has 10 heteroatoms. The Hall–Kier alpha value is -3.63. The molecule has 10 nitrogen and oxygen atoms in total. The van der Waals surface area contributed by atoms with Crippen molar-refractivity contribution in [1.82, 2.24) is 15.6 Å². The molecule has 1 aliphatic heterocycles. The van der Waals surface area contributed by atoms with Crippen LogP contribution in [0.1, 0.15) is 67.6 Å². The summed E-state index contributed by atoms with van der Waals surface area (Å²) in [5.41, 5.74) is 12.9. The van der Waals surface area contributed by atoms with E-state index < -0.39 is 11.5 Å². The number of benzene rings is 1. The summed E-state index contributed by atoms with van der Waals surface area (Å²) >= 11 is 0. The van der Waals surface area contributed by atoms with Gasteiger partial charge in [0.05, 0.1) is 34.7 Å². The molecule has 1 spiro atoms. The van der Waals surface area contributed by atoms with E-state index in [1.54, 1.807) is 32.0 Å². The lowest BCUT2D eigenvalue weighted by Crippen LogP contribution is -2.58. The molecule has 2 aliphatic carbocycles. The molecule has 220 valence electrons. The van der Waals surface area contributed by atoms with Crippen molar-refractivity contribution in [1.29, 1.82) is 0 Å². The Morgan fingerprint density at radius 1 is 1.22 bits per heavy atom. The SMILES string of the molecule is CC(C)(O)COc1ccc(C(=CN)C(=O)NC2CC3(C2)CC(Oc2cc(CC4CCNC4)ccc2C(N)=O)C3)nc1.